The standard InChI is InChI=1S/C19H30O4/c1-14-10-8-6-5-7-9-11-23-18(22)16(20)13-19(3,4)17(21)15(2)12-14/h5,7,13-15,20H,6,8-12H2,1-4H3/b7-5-,16-13+. The number of carbonyl (C=O) groups is 2. The van der Waals surface area contributed by atoms with Gasteiger partial charge in [0, 0.05) is 11.3 Å². The zero-order valence-electron chi connectivity index (χ0n) is 14.8. The fourth-order valence-corrected chi connectivity index (χ4v) is 3.05. The van der Waals surface area contributed by atoms with Gasteiger partial charge in [0.15, 0.2) is 5.76 Å². The van der Waals surface area contributed by atoms with E-state index in [0.717, 1.165) is 25.7 Å². The highest BCUT2D eigenvalue weighted by Gasteiger charge is 2.32. The third-order valence-electron chi connectivity index (χ3n) is 4.30. The summed E-state index contributed by atoms with van der Waals surface area (Å²) in [5, 5.41) is 9.90. The first-order valence-corrected chi connectivity index (χ1v) is 8.52. The van der Waals surface area contributed by atoms with E-state index in [-0.39, 0.29) is 18.3 Å². The van der Waals surface area contributed by atoms with Gasteiger partial charge < -0.3 is 9.84 Å². The predicted octanol–water partition coefficient (Wildman–Crippen LogP) is 4.36. The number of aliphatic hydroxyl groups excluding tert-OH is 1. The fraction of sp³-hybridized carbons (Fsp3) is 0.684. The molecule has 0 saturated carbocycles. The molecule has 0 bridgehead atoms. The van der Waals surface area contributed by atoms with Crippen molar-refractivity contribution in [1.82, 2.24) is 0 Å². The lowest BCUT2D eigenvalue weighted by atomic mass is 9.78. The van der Waals surface area contributed by atoms with Crippen molar-refractivity contribution in [3.63, 3.8) is 0 Å². The zero-order valence-corrected chi connectivity index (χ0v) is 14.8. The lowest BCUT2D eigenvalue weighted by Crippen LogP contribution is -2.30. The van der Waals surface area contributed by atoms with Crippen LogP contribution in [0.5, 0.6) is 0 Å². The summed E-state index contributed by atoms with van der Waals surface area (Å²) in [5.41, 5.74) is -0.890. The molecule has 0 amide bonds. The van der Waals surface area contributed by atoms with Crippen LogP contribution in [0.2, 0.25) is 0 Å². The van der Waals surface area contributed by atoms with E-state index in [1.54, 1.807) is 13.8 Å². The predicted molar refractivity (Wildman–Crippen MR) is 91.0 cm³/mol. The quantitative estimate of drug-likeness (QED) is 0.531. The summed E-state index contributed by atoms with van der Waals surface area (Å²) in [7, 11) is 0. The van der Waals surface area contributed by atoms with E-state index in [2.05, 4.69) is 13.0 Å². The molecule has 0 spiro atoms. The maximum absolute atomic E-state index is 12.6. The van der Waals surface area contributed by atoms with E-state index >= 15 is 0 Å². The number of carbonyl (C=O) groups excluding carboxylic acids is 2. The molecule has 1 rings (SSSR count). The first kappa shape index (κ1) is 19.5. The van der Waals surface area contributed by atoms with Gasteiger partial charge in [0.1, 0.15) is 5.78 Å². The third-order valence-corrected chi connectivity index (χ3v) is 4.30. The van der Waals surface area contributed by atoms with Gasteiger partial charge in [-0.15, -0.1) is 0 Å². The van der Waals surface area contributed by atoms with Crippen molar-refractivity contribution in [2.45, 2.75) is 59.8 Å². The molecule has 23 heavy (non-hydrogen) atoms. The molecule has 1 aliphatic heterocycles. The summed E-state index contributed by atoms with van der Waals surface area (Å²) >= 11 is 0. The number of ether oxygens (including phenoxy) is 1. The van der Waals surface area contributed by atoms with Crippen molar-refractivity contribution >= 4 is 11.8 Å². The van der Waals surface area contributed by atoms with Crippen LogP contribution >= 0.6 is 0 Å². The Morgan fingerprint density at radius 1 is 1.17 bits per heavy atom. The third kappa shape index (κ3) is 6.59. The number of ketones is 1. The molecule has 0 aromatic rings. The maximum Gasteiger partial charge on any atom is 0.373 e. The lowest BCUT2D eigenvalue weighted by molar-refractivity contribution is -0.142. The number of allylic oxidation sites excluding steroid dienone is 2. The molecular weight excluding hydrogens is 292 g/mol. The van der Waals surface area contributed by atoms with Crippen molar-refractivity contribution in [2.75, 3.05) is 6.61 Å². The Morgan fingerprint density at radius 3 is 2.52 bits per heavy atom. The van der Waals surface area contributed by atoms with Gasteiger partial charge in [-0.1, -0.05) is 32.4 Å². The number of rotatable bonds is 0. The van der Waals surface area contributed by atoms with Crippen LogP contribution in [0.1, 0.15) is 59.8 Å². The van der Waals surface area contributed by atoms with Crippen LogP contribution in [0, 0.1) is 17.3 Å². The van der Waals surface area contributed by atoms with Gasteiger partial charge >= 0.3 is 5.97 Å². The van der Waals surface area contributed by atoms with E-state index in [9.17, 15) is 14.7 Å². The van der Waals surface area contributed by atoms with Crippen molar-refractivity contribution < 1.29 is 19.4 Å². The SMILES string of the molecule is CC1CCC/C=C\CCOC(=O)/C(O)=C\C(C)(C)C(=O)C(C)C1. The normalized spacial score (nSPS) is 31.7. The number of hydrogen-bond acceptors (Lipinski definition) is 4. The van der Waals surface area contributed by atoms with Crippen LogP contribution in [0.4, 0.5) is 0 Å². The van der Waals surface area contributed by atoms with Crippen LogP contribution in [0.15, 0.2) is 24.0 Å². The number of Topliss-reactive ketones (excluding diaryl/α,β-unsaturated/α-hetero) is 1. The molecule has 0 aliphatic carbocycles. The van der Waals surface area contributed by atoms with Gasteiger partial charge in [-0.25, -0.2) is 4.79 Å². The minimum absolute atomic E-state index is 0.0377. The van der Waals surface area contributed by atoms with Crippen molar-refractivity contribution in [2.24, 2.45) is 17.3 Å². The van der Waals surface area contributed by atoms with E-state index in [1.807, 2.05) is 13.0 Å². The molecule has 4 nitrogen and oxygen atoms in total. The molecule has 0 fully saturated rings. The first-order chi connectivity index (χ1) is 10.7. The van der Waals surface area contributed by atoms with Gasteiger partial charge in [-0.2, -0.15) is 0 Å². The highest BCUT2D eigenvalue weighted by Crippen LogP contribution is 2.29. The van der Waals surface area contributed by atoms with Crippen molar-refractivity contribution in [3.05, 3.63) is 24.0 Å². The van der Waals surface area contributed by atoms with Crippen molar-refractivity contribution in [3.8, 4) is 0 Å². The average Bonchev–Trinajstić information content (AvgIpc) is 2.47. The van der Waals surface area contributed by atoms with Crippen LogP contribution in [-0.2, 0) is 14.3 Å². The summed E-state index contributed by atoms with van der Waals surface area (Å²) in [5.74, 6) is -0.847. The lowest BCUT2D eigenvalue weighted by Gasteiger charge is -2.25. The molecule has 4 heteroatoms. The maximum atomic E-state index is 12.6. The van der Waals surface area contributed by atoms with Gasteiger partial charge in [0.25, 0.3) is 0 Å². The second kappa shape index (κ2) is 8.90. The van der Waals surface area contributed by atoms with E-state index in [0.29, 0.717) is 12.3 Å². The Kier molecular flexibility index (Phi) is 7.53. The number of aliphatic hydroxyl groups is 1. The number of cyclic esters (lactones) is 1. The smallest absolute Gasteiger partial charge is 0.373 e. The minimum Gasteiger partial charge on any atom is -0.502 e. The van der Waals surface area contributed by atoms with E-state index < -0.39 is 17.1 Å². The monoisotopic (exact) mass is 322 g/mol. The van der Waals surface area contributed by atoms with Gasteiger partial charge in [-0.3, -0.25) is 4.79 Å². The van der Waals surface area contributed by atoms with Gasteiger partial charge in [0.2, 0.25) is 0 Å². The zero-order chi connectivity index (χ0) is 17.5. The average molecular weight is 322 g/mol. The first-order valence-electron chi connectivity index (χ1n) is 8.52. The molecule has 0 radical (unpaired) electrons. The number of esters is 1. The molecule has 2 atom stereocenters. The largest absolute Gasteiger partial charge is 0.502 e. The molecule has 0 aromatic carbocycles. The van der Waals surface area contributed by atoms with Crippen LogP contribution in [-0.4, -0.2) is 23.5 Å². The van der Waals surface area contributed by atoms with Crippen LogP contribution in [0.25, 0.3) is 0 Å². The fourth-order valence-electron chi connectivity index (χ4n) is 3.05. The Morgan fingerprint density at radius 2 is 1.83 bits per heavy atom. The summed E-state index contributed by atoms with van der Waals surface area (Å²) in [6, 6.07) is 0. The van der Waals surface area contributed by atoms with Gasteiger partial charge in [0.05, 0.1) is 6.61 Å². The van der Waals surface area contributed by atoms with Gasteiger partial charge in [-0.05, 0) is 51.5 Å². The molecule has 1 N–H and O–H groups in total. The summed E-state index contributed by atoms with van der Waals surface area (Å²) in [4.78, 5) is 24.4. The second-order valence-corrected chi connectivity index (χ2v) is 7.18. The Labute approximate surface area is 139 Å². The highest BCUT2D eigenvalue weighted by atomic mass is 16.5. The highest BCUT2D eigenvalue weighted by molar-refractivity contribution is 5.91. The second-order valence-electron chi connectivity index (χ2n) is 7.18. The molecule has 0 aromatic heterocycles. The molecule has 1 heterocycles. The van der Waals surface area contributed by atoms with E-state index in [4.69, 9.17) is 4.74 Å². The molecule has 2 unspecified atom stereocenters. The van der Waals surface area contributed by atoms with Crippen molar-refractivity contribution in [1.29, 1.82) is 0 Å². The summed E-state index contributed by atoms with van der Waals surface area (Å²) in [6.45, 7) is 7.78. The molecule has 1 aliphatic rings. The number of hydrogen-bond donors (Lipinski definition) is 1. The summed E-state index contributed by atoms with van der Waals surface area (Å²) in [6.07, 6.45) is 10.1. The summed E-state index contributed by atoms with van der Waals surface area (Å²) < 4.78 is 5.01. The minimum atomic E-state index is -0.890. The molecule has 0 saturated heterocycles. The van der Waals surface area contributed by atoms with Crippen LogP contribution < -0.4 is 0 Å². The Bertz CT molecular complexity index is 474. The molecule has 130 valence electrons. The molecular formula is C19H30O4. The Hall–Kier alpha value is -1.58. The van der Waals surface area contributed by atoms with E-state index in [1.165, 1.54) is 6.08 Å². The topological polar surface area (TPSA) is 63.6 Å². The van der Waals surface area contributed by atoms with Crippen LogP contribution in [0.3, 0.4) is 0 Å². The Balaban J connectivity index is 2.92.